The fraction of sp³-hybridized carbons (Fsp3) is 0.367. The predicted octanol–water partition coefficient (Wildman–Crippen LogP) is 4.96. The molecule has 16 heteroatoms. The number of ether oxygens (including phenoxy) is 1. The second-order valence-corrected chi connectivity index (χ2v) is 11.7. The monoisotopic (exact) mass is 660 g/mol. The van der Waals surface area contributed by atoms with Crippen molar-refractivity contribution in [3.63, 3.8) is 0 Å². The zero-order valence-corrected chi connectivity index (χ0v) is 25.8. The molecule has 1 aromatic carbocycles. The molecule has 1 aliphatic heterocycles. The topological polar surface area (TPSA) is 110 Å². The highest BCUT2D eigenvalue weighted by atomic mass is 35.5. The Bertz CT molecular complexity index is 2040. The maximum atomic E-state index is 14.0. The largest absolute Gasteiger partial charge is 0.465 e. The molecule has 1 saturated heterocycles. The first-order valence-corrected chi connectivity index (χ1v) is 14.8. The minimum Gasteiger partial charge on any atom is -0.465 e. The van der Waals surface area contributed by atoms with E-state index in [4.69, 9.17) is 16.3 Å². The Balaban J connectivity index is 1.55. The number of carbonyl (C=O) groups excluding carboxylic acids is 1. The summed E-state index contributed by atoms with van der Waals surface area (Å²) >= 11 is 5.89. The van der Waals surface area contributed by atoms with E-state index in [1.807, 2.05) is 0 Å². The van der Waals surface area contributed by atoms with Gasteiger partial charge in [0.1, 0.15) is 11.4 Å². The number of rotatable bonds is 7. The number of pyridine rings is 2. The summed E-state index contributed by atoms with van der Waals surface area (Å²) in [5.41, 5.74) is -1.79. The van der Waals surface area contributed by atoms with Crippen LogP contribution in [0.1, 0.15) is 29.9 Å². The fourth-order valence-corrected chi connectivity index (χ4v) is 5.88. The number of fused-ring (bicyclic) bond motifs is 6. The summed E-state index contributed by atoms with van der Waals surface area (Å²) in [5.74, 6) is -1.57. The van der Waals surface area contributed by atoms with Crippen LogP contribution in [0.3, 0.4) is 0 Å². The number of anilines is 2. The summed E-state index contributed by atoms with van der Waals surface area (Å²) in [6, 6.07) is 6.37. The van der Waals surface area contributed by atoms with E-state index >= 15 is 0 Å². The van der Waals surface area contributed by atoms with Gasteiger partial charge in [0.15, 0.2) is 11.3 Å². The van der Waals surface area contributed by atoms with Gasteiger partial charge in [-0.15, -0.1) is 0 Å². The van der Waals surface area contributed by atoms with Gasteiger partial charge in [-0.3, -0.25) is 14.6 Å². The standard InChI is InChI=1S/C30H29ClF4N8O3/c1-16(2)41-9-6-40(7-10-41)8-11-42-25-18(13-19(27(42)44)28(45)46-3)20-15-36-29(37-17-4-5-22(32)21(31)12-17)38-26(20)43-23(25)14-24(39-43)30(33,34)35/h4-5,12-16H,6-11H2,1-3H3,(H,36,37,38). The highest BCUT2D eigenvalue weighted by Gasteiger charge is 2.35. The first-order valence-electron chi connectivity index (χ1n) is 14.5. The smallest absolute Gasteiger partial charge is 0.435 e. The Hall–Kier alpha value is -4.34. The van der Waals surface area contributed by atoms with Gasteiger partial charge in [-0.2, -0.15) is 23.3 Å². The highest BCUT2D eigenvalue weighted by molar-refractivity contribution is 6.31. The zero-order valence-electron chi connectivity index (χ0n) is 25.0. The van der Waals surface area contributed by atoms with E-state index in [0.29, 0.717) is 18.3 Å². The molecule has 0 aliphatic carbocycles. The molecule has 6 rings (SSSR count). The summed E-state index contributed by atoms with van der Waals surface area (Å²) in [7, 11) is 1.14. The zero-order chi connectivity index (χ0) is 32.9. The number of hydrogen-bond donors (Lipinski definition) is 1. The van der Waals surface area contributed by atoms with E-state index in [-0.39, 0.29) is 50.5 Å². The van der Waals surface area contributed by atoms with Crippen LogP contribution in [0.4, 0.5) is 29.2 Å². The van der Waals surface area contributed by atoms with E-state index in [2.05, 4.69) is 44.0 Å². The van der Waals surface area contributed by atoms with Gasteiger partial charge in [0.05, 0.1) is 23.2 Å². The number of nitrogens with zero attached hydrogens (tertiary/aromatic N) is 7. The Kier molecular flexibility index (Phi) is 8.33. The molecule has 242 valence electrons. The third-order valence-electron chi connectivity index (χ3n) is 8.15. The maximum absolute atomic E-state index is 14.0. The molecule has 11 nitrogen and oxygen atoms in total. The maximum Gasteiger partial charge on any atom is 0.435 e. The lowest BCUT2D eigenvalue weighted by Gasteiger charge is -2.37. The second kappa shape index (κ2) is 12.1. The first-order chi connectivity index (χ1) is 21.8. The summed E-state index contributed by atoms with van der Waals surface area (Å²) in [6.07, 6.45) is -3.45. The minimum atomic E-state index is -4.81. The third-order valence-corrected chi connectivity index (χ3v) is 8.44. The highest BCUT2D eigenvalue weighted by Crippen LogP contribution is 2.34. The molecular weight excluding hydrogens is 632 g/mol. The van der Waals surface area contributed by atoms with Gasteiger partial charge in [-0.25, -0.2) is 18.7 Å². The lowest BCUT2D eigenvalue weighted by molar-refractivity contribution is -0.141. The third kappa shape index (κ3) is 5.85. The van der Waals surface area contributed by atoms with Gasteiger partial charge in [0.2, 0.25) is 5.95 Å². The molecule has 0 saturated carbocycles. The van der Waals surface area contributed by atoms with E-state index in [9.17, 15) is 27.2 Å². The molecule has 0 spiro atoms. The number of benzene rings is 1. The molecule has 5 heterocycles. The number of halogens is 5. The van der Waals surface area contributed by atoms with Crippen molar-refractivity contribution in [3.8, 4) is 0 Å². The number of carbonyl (C=O) groups is 1. The van der Waals surface area contributed by atoms with Crippen molar-refractivity contribution in [2.75, 3.05) is 45.2 Å². The van der Waals surface area contributed by atoms with Crippen LogP contribution in [-0.4, -0.2) is 85.8 Å². The number of nitrogens with one attached hydrogen (secondary N) is 1. The van der Waals surface area contributed by atoms with Crippen LogP contribution in [0.25, 0.3) is 27.5 Å². The van der Waals surface area contributed by atoms with Crippen LogP contribution in [-0.2, 0) is 17.5 Å². The summed E-state index contributed by atoms with van der Waals surface area (Å²) in [4.78, 5) is 39.8. The molecule has 1 N–H and O–H groups in total. The van der Waals surface area contributed by atoms with Crippen molar-refractivity contribution in [2.45, 2.75) is 32.6 Å². The van der Waals surface area contributed by atoms with Crippen LogP contribution in [0, 0.1) is 5.82 Å². The summed E-state index contributed by atoms with van der Waals surface area (Å²) < 4.78 is 63.0. The fourth-order valence-electron chi connectivity index (χ4n) is 5.70. The molecule has 0 unspecified atom stereocenters. The Labute approximate surface area is 264 Å². The molecule has 46 heavy (non-hydrogen) atoms. The van der Waals surface area contributed by atoms with Crippen molar-refractivity contribution >= 4 is 56.7 Å². The van der Waals surface area contributed by atoms with Crippen molar-refractivity contribution in [1.82, 2.24) is 33.9 Å². The summed E-state index contributed by atoms with van der Waals surface area (Å²) in [6.45, 7) is 7.90. The van der Waals surface area contributed by atoms with Crippen LogP contribution in [0.15, 0.2) is 41.3 Å². The van der Waals surface area contributed by atoms with E-state index in [0.717, 1.165) is 49.9 Å². The van der Waals surface area contributed by atoms with Crippen molar-refractivity contribution in [2.24, 2.45) is 0 Å². The van der Waals surface area contributed by atoms with Gasteiger partial charge < -0.3 is 14.6 Å². The van der Waals surface area contributed by atoms with Crippen LogP contribution in [0.2, 0.25) is 5.02 Å². The molecule has 0 bridgehead atoms. The van der Waals surface area contributed by atoms with Gasteiger partial charge in [-0.05, 0) is 44.2 Å². The number of piperazine rings is 1. The number of hydrogen-bond acceptors (Lipinski definition) is 9. The number of methoxy groups -OCH3 is 1. The molecule has 0 atom stereocenters. The van der Waals surface area contributed by atoms with Gasteiger partial charge in [0.25, 0.3) is 5.56 Å². The van der Waals surface area contributed by atoms with Crippen molar-refractivity contribution < 1.29 is 27.1 Å². The van der Waals surface area contributed by atoms with Gasteiger partial charge >= 0.3 is 12.1 Å². The van der Waals surface area contributed by atoms with Crippen LogP contribution in [0.5, 0.6) is 0 Å². The van der Waals surface area contributed by atoms with E-state index in [1.54, 1.807) is 0 Å². The molecule has 1 aliphatic rings. The van der Waals surface area contributed by atoms with E-state index in [1.165, 1.54) is 29.0 Å². The van der Waals surface area contributed by atoms with Crippen LogP contribution >= 0.6 is 11.6 Å². The lowest BCUT2D eigenvalue weighted by Crippen LogP contribution is -2.49. The molecule has 0 radical (unpaired) electrons. The number of esters is 1. The lowest BCUT2D eigenvalue weighted by atomic mass is 10.1. The van der Waals surface area contributed by atoms with Gasteiger partial charge in [-0.1, -0.05) is 11.6 Å². The number of aromatic nitrogens is 5. The molecule has 1 fully saturated rings. The van der Waals surface area contributed by atoms with Crippen LogP contribution < -0.4 is 10.9 Å². The van der Waals surface area contributed by atoms with Crippen molar-refractivity contribution in [3.05, 3.63) is 69.0 Å². The predicted molar refractivity (Wildman–Crippen MR) is 164 cm³/mol. The molecule has 5 aromatic rings. The molecule has 0 amide bonds. The number of alkyl halides is 3. The van der Waals surface area contributed by atoms with E-state index < -0.39 is 29.2 Å². The second-order valence-electron chi connectivity index (χ2n) is 11.2. The minimum absolute atomic E-state index is 0.0328. The Morgan fingerprint density at radius 1 is 1.09 bits per heavy atom. The molecular formula is C30H29ClF4N8O3. The average Bonchev–Trinajstić information content (AvgIpc) is 3.49. The van der Waals surface area contributed by atoms with Crippen molar-refractivity contribution in [1.29, 1.82) is 0 Å². The average molecular weight is 661 g/mol. The van der Waals surface area contributed by atoms with Gasteiger partial charge in [0, 0.05) is 68.0 Å². The quantitative estimate of drug-likeness (QED) is 0.147. The SMILES string of the molecule is COC(=O)c1cc2c3cnc(Nc4ccc(F)c(Cl)c4)nc3n3nc(C(F)(F)F)cc3c2n(CCN2CCN(C(C)C)CC2)c1=O. The normalized spacial score (nSPS) is 15.0. The Morgan fingerprint density at radius 3 is 2.48 bits per heavy atom. The Morgan fingerprint density at radius 2 is 1.83 bits per heavy atom. The molecule has 4 aromatic heterocycles. The summed E-state index contributed by atoms with van der Waals surface area (Å²) in [5, 5.41) is 7.03. The first kappa shape index (κ1) is 31.6.